The molecule has 0 heterocycles. The van der Waals surface area contributed by atoms with Crippen LogP contribution in [0, 0.1) is 27.7 Å². The molecular weight excluding hydrogens is 284 g/mol. The van der Waals surface area contributed by atoms with Crippen molar-refractivity contribution in [3.63, 3.8) is 0 Å². The Morgan fingerprint density at radius 2 is 2.00 bits per heavy atom. The van der Waals surface area contributed by atoms with Crippen LogP contribution in [0.3, 0.4) is 0 Å². The fourth-order valence-electron chi connectivity index (χ4n) is 1.84. The van der Waals surface area contributed by atoms with Gasteiger partial charge in [-0.25, -0.2) is 4.39 Å². The van der Waals surface area contributed by atoms with Gasteiger partial charge in [0.15, 0.2) is 0 Å². The van der Waals surface area contributed by atoms with Crippen molar-refractivity contribution >= 4 is 11.6 Å². The van der Waals surface area contributed by atoms with Gasteiger partial charge < -0.3 is 10.6 Å². The summed E-state index contributed by atoms with van der Waals surface area (Å²) >= 11 is 0. The van der Waals surface area contributed by atoms with Gasteiger partial charge in [0, 0.05) is 43.2 Å². The highest BCUT2D eigenvalue weighted by molar-refractivity contribution is 5.80. The maximum absolute atomic E-state index is 13.5. The summed E-state index contributed by atoms with van der Waals surface area (Å²) < 4.78 is 26.6. The lowest BCUT2D eigenvalue weighted by Crippen LogP contribution is -2.32. The van der Waals surface area contributed by atoms with Gasteiger partial charge in [0.2, 0.25) is 11.7 Å². The average molecular weight is 299 g/mol. The molecule has 2 rings (SSSR count). The van der Waals surface area contributed by atoms with Crippen LogP contribution in [0.25, 0.3) is 0 Å². The molecule has 2 N–H and O–H groups in total. The highest BCUT2D eigenvalue weighted by Gasteiger charge is 2.28. The van der Waals surface area contributed by atoms with Crippen molar-refractivity contribution in [1.29, 1.82) is 0 Å². The Bertz CT molecular complexity index is 562. The highest BCUT2D eigenvalue weighted by Crippen LogP contribution is 2.28. The van der Waals surface area contributed by atoms with Crippen LogP contribution in [0.2, 0.25) is 0 Å². The zero-order valence-corrected chi connectivity index (χ0v) is 11.2. The Balaban J connectivity index is 1.80. The standard InChI is InChI=1S/C13H15F2N3O3/c14-10-6-11(15)12(18(20)21)5-9(10)7-16-3-4-17-13(19)8-1-2-8/h5-6,8,16H,1-4,7H2,(H,17,19). The molecule has 0 atom stereocenters. The molecular formula is C13H15F2N3O3. The first-order chi connectivity index (χ1) is 9.99. The van der Waals surface area contributed by atoms with Crippen LogP contribution in [-0.4, -0.2) is 23.9 Å². The van der Waals surface area contributed by atoms with E-state index >= 15 is 0 Å². The average Bonchev–Trinajstić information content (AvgIpc) is 3.24. The topological polar surface area (TPSA) is 84.3 Å². The minimum atomic E-state index is -1.20. The van der Waals surface area contributed by atoms with Gasteiger partial charge in [0.25, 0.3) is 0 Å². The van der Waals surface area contributed by atoms with E-state index in [0.29, 0.717) is 19.2 Å². The molecule has 0 radical (unpaired) electrons. The predicted molar refractivity (Wildman–Crippen MR) is 70.5 cm³/mol. The molecule has 114 valence electrons. The van der Waals surface area contributed by atoms with E-state index in [9.17, 15) is 23.7 Å². The van der Waals surface area contributed by atoms with Crippen LogP contribution >= 0.6 is 0 Å². The van der Waals surface area contributed by atoms with Crippen LogP contribution < -0.4 is 10.6 Å². The van der Waals surface area contributed by atoms with Crippen molar-refractivity contribution in [3.8, 4) is 0 Å². The molecule has 1 amide bonds. The van der Waals surface area contributed by atoms with E-state index in [1.54, 1.807) is 0 Å². The fourth-order valence-corrected chi connectivity index (χ4v) is 1.84. The minimum absolute atomic E-state index is 0.0108. The van der Waals surface area contributed by atoms with E-state index in [1.807, 2.05) is 0 Å². The Morgan fingerprint density at radius 1 is 1.29 bits per heavy atom. The summed E-state index contributed by atoms with van der Waals surface area (Å²) in [4.78, 5) is 21.0. The molecule has 1 saturated carbocycles. The van der Waals surface area contributed by atoms with Gasteiger partial charge >= 0.3 is 5.69 Å². The molecule has 1 aromatic carbocycles. The number of carbonyl (C=O) groups is 1. The molecule has 1 aliphatic carbocycles. The number of hydrogen-bond acceptors (Lipinski definition) is 4. The van der Waals surface area contributed by atoms with Crippen molar-refractivity contribution in [2.45, 2.75) is 19.4 Å². The first kappa shape index (κ1) is 15.3. The Kier molecular flexibility index (Phi) is 4.79. The lowest BCUT2D eigenvalue weighted by molar-refractivity contribution is -0.387. The molecule has 6 nitrogen and oxygen atoms in total. The Labute approximate surface area is 119 Å². The summed E-state index contributed by atoms with van der Waals surface area (Å²) in [6.07, 6.45) is 1.84. The van der Waals surface area contributed by atoms with E-state index in [1.165, 1.54) is 0 Å². The second-order valence-corrected chi connectivity index (χ2v) is 4.89. The molecule has 1 aliphatic rings. The van der Waals surface area contributed by atoms with Gasteiger partial charge in [-0.3, -0.25) is 14.9 Å². The van der Waals surface area contributed by atoms with Crippen LogP contribution in [0.4, 0.5) is 14.5 Å². The second kappa shape index (κ2) is 6.57. The van der Waals surface area contributed by atoms with E-state index in [-0.39, 0.29) is 23.9 Å². The Hall–Kier alpha value is -2.09. The SMILES string of the molecule is O=C(NCCNCc1cc([N+](=O)[O-])c(F)cc1F)C1CC1. The van der Waals surface area contributed by atoms with Crippen LogP contribution in [0.1, 0.15) is 18.4 Å². The van der Waals surface area contributed by atoms with E-state index in [4.69, 9.17) is 0 Å². The van der Waals surface area contributed by atoms with Crippen molar-refractivity contribution in [3.05, 3.63) is 39.4 Å². The normalized spacial score (nSPS) is 14.0. The smallest absolute Gasteiger partial charge is 0.305 e. The number of nitrogens with one attached hydrogen (secondary N) is 2. The third-order valence-corrected chi connectivity index (χ3v) is 3.18. The highest BCUT2D eigenvalue weighted by atomic mass is 19.1. The molecule has 8 heteroatoms. The van der Waals surface area contributed by atoms with Gasteiger partial charge in [-0.15, -0.1) is 0 Å². The summed E-state index contributed by atoms with van der Waals surface area (Å²) in [5.74, 6) is -1.90. The molecule has 0 bridgehead atoms. The van der Waals surface area contributed by atoms with E-state index in [0.717, 1.165) is 18.9 Å². The van der Waals surface area contributed by atoms with Crippen LogP contribution in [0.5, 0.6) is 0 Å². The number of rotatable bonds is 7. The number of halogens is 2. The largest absolute Gasteiger partial charge is 0.355 e. The van der Waals surface area contributed by atoms with Crippen LogP contribution in [-0.2, 0) is 11.3 Å². The minimum Gasteiger partial charge on any atom is -0.355 e. The third-order valence-electron chi connectivity index (χ3n) is 3.18. The van der Waals surface area contributed by atoms with Crippen molar-refractivity contribution in [2.75, 3.05) is 13.1 Å². The molecule has 0 unspecified atom stereocenters. The number of nitrogens with zero attached hydrogens (tertiary/aromatic N) is 1. The van der Waals surface area contributed by atoms with Crippen molar-refractivity contribution in [2.24, 2.45) is 5.92 Å². The molecule has 0 aromatic heterocycles. The van der Waals surface area contributed by atoms with Gasteiger partial charge in [0.1, 0.15) is 5.82 Å². The van der Waals surface area contributed by atoms with Crippen molar-refractivity contribution < 1.29 is 18.5 Å². The molecule has 1 fully saturated rings. The molecule has 0 aliphatic heterocycles. The van der Waals surface area contributed by atoms with Crippen molar-refractivity contribution in [1.82, 2.24) is 10.6 Å². The maximum Gasteiger partial charge on any atom is 0.305 e. The number of nitro groups is 1. The Morgan fingerprint density at radius 3 is 2.62 bits per heavy atom. The first-order valence-electron chi connectivity index (χ1n) is 6.59. The fraction of sp³-hybridized carbons (Fsp3) is 0.462. The quantitative estimate of drug-likeness (QED) is 0.454. The number of benzene rings is 1. The number of hydrogen-bond donors (Lipinski definition) is 2. The summed E-state index contributed by atoms with van der Waals surface area (Å²) in [5.41, 5.74) is -0.744. The zero-order chi connectivity index (χ0) is 15.4. The summed E-state index contributed by atoms with van der Waals surface area (Å²) in [6, 6.07) is 1.38. The predicted octanol–water partition coefficient (Wildman–Crippen LogP) is 1.49. The first-order valence-corrected chi connectivity index (χ1v) is 6.59. The number of carbonyl (C=O) groups excluding carboxylic acids is 1. The third kappa shape index (κ3) is 4.19. The van der Waals surface area contributed by atoms with Gasteiger partial charge in [0.05, 0.1) is 4.92 Å². The number of amides is 1. The molecule has 0 saturated heterocycles. The van der Waals surface area contributed by atoms with Gasteiger partial charge in [-0.05, 0) is 12.8 Å². The number of nitro benzene ring substituents is 1. The van der Waals surface area contributed by atoms with Crippen LogP contribution in [0.15, 0.2) is 12.1 Å². The lowest BCUT2D eigenvalue weighted by Gasteiger charge is -2.07. The van der Waals surface area contributed by atoms with E-state index < -0.39 is 22.2 Å². The molecule has 0 spiro atoms. The van der Waals surface area contributed by atoms with E-state index in [2.05, 4.69) is 10.6 Å². The summed E-state index contributed by atoms with van der Waals surface area (Å²) in [7, 11) is 0. The lowest BCUT2D eigenvalue weighted by atomic mass is 10.2. The van der Waals surface area contributed by atoms with Gasteiger partial charge in [-0.2, -0.15) is 4.39 Å². The monoisotopic (exact) mass is 299 g/mol. The second-order valence-electron chi connectivity index (χ2n) is 4.89. The maximum atomic E-state index is 13.5. The zero-order valence-electron chi connectivity index (χ0n) is 11.2. The molecule has 1 aromatic rings. The summed E-state index contributed by atoms with van der Waals surface area (Å²) in [5, 5.41) is 16.1. The van der Waals surface area contributed by atoms with Gasteiger partial charge in [-0.1, -0.05) is 0 Å². The summed E-state index contributed by atoms with van der Waals surface area (Å²) in [6.45, 7) is 0.801. The molecule has 21 heavy (non-hydrogen) atoms.